The second-order valence-corrected chi connectivity index (χ2v) is 17.3. The summed E-state index contributed by atoms with van der Waals surface area (Å²) in [5.74, 6) is 1.90. The van der Waals surface area contributed by atoms with Crippen molar-refractivity contribution in [3.05, 3.63) is 249 Å². The van der Waals surface area contributed by atoms with Crippen LogP contribution in [0.1, 0.15) is 0 Å². The van der Waals surface area contributed by atoms with E-state index in [0.29, 0.717) is 17.5 Å². The molecule has 0 fully saturated rings. The fraction of sp³-hybridized carbons (Fsp3) is 0. The number of rotatable bonds is 8. The summed E-state index contributed by atoms with van der Waals surface area (Å²) in [4.78, 5) is 15.1. The molecule has 0 bridgehead atoms. The van der Waals surface area contributed by atoms with Gasteiger partial charge in [-0.25, -0.2) is 15.0 Å². The maximum Gasteiger partial charge on any atom is 0.164 e. The highest BCUT2D eigenvalue weighted by molar-refractivity contribution is 6.12. The Kier molecular flexibility index (Phi) is 9.43. The first kappa shape index (κ1) is 39.2. The molecular weight excluding hydrogens is 827 g/mol. The van der Waals surface area contributed by atoms with Crippen molar-refractivity contribution >= 4 is 43.6 Å². The molecule has 5 nitrogen and oxygen atoms in total. The lowest BCUT2D eigenvalue weighted by atomic mass is 9.98. The number of para-hydroxylation sites is 2. The molecule has 0 saturated heterocycles. The smallest absolute Gasteiger partial charge is 0.164 e. The van der Waals surface area contributed by atoms with Crippen LogP contribution in [0, 0.1) is 0 Å². The Morgan fingerprint density at radius 2 is 0.618 bits per heavy atom. The van der Waals surface area contributed by atoms with E-state index < -0.39 is 0 Å². The van der Waals surface area contributed by atoms with E-state index in [0.717, 1.165) is 55.7 Å². The number of hydrogen-bond acceptors (Lipinski definition) is 3. The molecule has 0 aliphatic heterocycles. The second-order valence-electron chi connectivity index (χ2n) is 17.3. The Bertz CT molecular complexity index is 3890. The van der Waals surface area contributed by atoms with Crippen molar-refractivity contribution in [1.29, 1.82) is 0 Å². The van der Waals surface area contributed by atoms with Gasteiger partial charge in [-0.15, -0.1) is 0 Å². The molecule has 13 rings (SSSR count). The van der Waals surface area contributed by atoms with Gasteiger partial charge in [-0.1, -0.05) is 188 Å². The van der Waals surface area contributed by atoms with E-state index in [4.69, 9.17) is 15.0 Å². The highest BCUT2D eigenvalue weighted by atomic mass is 15.0. The van der Waals surface area contributed by atoms with Crippen LogP contribution < -0.4 is 0 Å². The summed E-state index contributed by atoms with van der Waals surface area (Å²) in [5, 5.41) is 4.81. The Labute approximate surface area is 393 Å². The van der Waals surface area contributed by atoms with E-state index in [1.54, 1.807) is 0 Å². The standard InChI is InChI=1S/C63H41N5/c1-5-18-42(19-6-1)49-36-50(43-20-7-2-8-21-43)39-52(38-49)68-58-31-16-14-29-54(58)56-40-46(33-35-59(56)68)47-32-34-55-53-28-13-15-30-57(53)67(60(55)41-47)51-27-17-26-48(37-51)63-65-61(44-22-9-3-10-23-44)64-62(66-63)45-24-11-4-12-25-45/h1-41H. The van der Waals surface area contributed by atoms with Gasteiger partial charge >= 0.3 is 0 Å². The zero-order chi connectivity index (χ0) is 45.0. The van der Waals surface area contributed by atoms with Gasteiger partial charge in [0.15, 0.2) is 17.5 Å². The minimum atomic E-state index is 0.622. The van der Waals surface area contributed by atoms with Gasteiger partial charge in [-0.05, 0) is 94.0 Å². The molecule has 10 aromatic carbocycles. The molecule has 318 valence electrons. The SMILES string of the molecule is c1ccc(-c2cc(-c3ccccc3)cc(-n3c4ccccc4c4cc(-c5ccc6c7ccccc7n(-c7cccc(-c8nc(-c9ccccc9)nc(-c9ccccc9)n8)c7)c6c5)ccc43)c2)cc1. The van der Waals surface area contributed by atoms with Crippen molar-refractivity contribution in [2.75, 3.05) is 0 Å². The normalized spacial score (nSPS) is 11.5. The van der Waals surface area contributed by atoms with E-state index in [1.807, 2.05) is 60.7 Å². The van der Waals surface area contributed by atoms with Crippen LogP contribution in [0.4, 0.5) is 0 Å². The van der Waals surface area contributed by atoms with Crippen molar-refractivity contribution in [2.24, 2.45) is 0 Å². The Hall–Kier alpha value is -9.19. The minimum Gasteiger partial charge on any atom is -0.309 e. The van der Waals surface area contributed by atoms with Gasteiger partial charge in [0.25, 0.3) is 0 Å². The molecular formula is C63H41N5. The van der Waals surface area contributed by atoms with Crippen LogP contribution in [0.2, 0.25) is 0 Å². The van der Waals surface area contributed by atoms with Crippen molar-refractivity contribution < 1.29 is 0 Å². The molecule has 0 saturated carbocycles. The zero-order valence-corrected chi connectivity index (χ0v) is 36.9. The molecule has 0 spiro atoms. The molecule has 68 heavy (non-hydrogen) atoms. The molecule has 3 heterocycles. The van der Waals surface area contributed by atoms with E-state index in [9.17, 15) is 0 Å². The minimum absolute atomic E-state index is 0.622. The van der Waals surface area contributed by atoms with Crippen molar-refractivity contribution in [1.82, 2.24) is 24.1 Å². The molecule has 3 aromatic heterocycles. The highest BCUT2D eigenvalue weighted by Crippen LogP contribution is 2.40. The third-order valence-corrected chi connectivity index (χ3v) is 13.1. The molecule has 0 aliphatic rings. The Morgan fingerprint density at radius 1 is 0.206 bits per heavy atom. The van der Waals surface area contributed by atoms with Gasteiger partial charge in [0.1, 0.15) is 0 Å². The number of aromatic nitrogens is 5. The van der Waals surface area contributed by atoms with Gasteiger partial charge in [0, 0.05) is 49.6 Å². The molecule has 0 unspecified atom stereocenters. The van der Waals surface area contributed by atoms with Gasteiger partial charge in [-0.2, -0.15) is 0 Å². The molecule has 5 heteroatoms. The largest absolute Gasteiger partial charge is 0.309 e. The third-order valence-electron chi connectivity index (χ3n) is 13.1. The molecule has 13 aromatic rings. The quantitative estimate of drug-likeness (QED) is 0.153. The summed E-state index contributed by atoms with van der Waals surface area (Å²) in [6.07, 6.45) is 0. The first-order chi connectivity index (χ1) is 33.7. The van der Waals surface area contributed by atoms with Crippen LogP contribution in [0.15, 0.2) is 249 Å². The molecule has 0 aliphatic carbocycles. The maximum atomic E-state index is 5.07. The van der Waals surface area contributed by atoms with Crippen molar-refractivity contribution in [3.63, 3.8) is 0 Å². The van der Waals surface area contributed by atoms with Crippen LogP contribution in [-0.2, 0) is 0 Å². The molecule has 0 atom stereocenters. The maximum absolute atomic E-state index is 5.07. The van der Waals surface area contributed by atoms with Crippen LogP contribution in [0.5, 0.6) is 0 Å². The van der Waals surface area contributed by atoms with Gasteiger partial charge in [-0.3, -0.25) is 0 Å². The summed E-state index contributed by atoms with van der Waals surface area (Å²) in [7, 11) is 0. The predicted molar refractivity (Wildman–Crippen MR) is 281 cm³/mol. The lowest BCUT2D eigenvalue weighted by molar-refractivity contribution is 1.07. The van der Waals surface area contributed by atoms with Crippen LogP contribution in [-0.4, -0.2) is 24.1 Å². The number of fused-ring (bicyclic) bond motifs is 6. The topological polar surface area (TPSA) is 48.5 Å². The zero-order valence-electron chi connectivity index (χ0n) is 36.9. The monoisotopic (exact) mass is 867 g/mol. The van der Waals surface area contributed by atoms with Gasteiger partial charge in [0.05, 0.1) is 22.1 Å². The highest BCUT2D eigenvalue weighted by Gasteiger charge is 2.19. The average Bonchev–Trinajstić information content (AvgIpc) is 3.94. The van der Waals surface area contributed by atoms with Crippen molar-refractivity contribution in [3.8, 4) is 78.9 Å². The summed E-state index contributed by atoms with van der Waals surface area (Å²) >= 11 is 0. The second kappa shape index (κ2) is 16.4. The van der Waals surface area contributed by atoms with Gasteiger partial charge < -0.3 is 9.13 Å². The van der Waals surface area contributed by atoms with E-state index in [-0.39, 0.29) is 0 Å². The predicted octanol–water partition coefficient (Wildman–Crippen LogP) is 16.1. The summed E-state index contributed by atoms with van der Waals surface area (Å²) in [6.45, 7) is 0. The number of benzene rings is 10. The van der Waals surface area contributed by atoms with E-state index in [1.165, 1.54) is 49.3 Å². The Balaban J connectivity index is 0.954. The summed E-state index contributed by atoms with van der Waals surface area (Å²) < 4.78 is 4.81. The van der Waals surface area contributed by atoms with Crippen LogP contribution in [0.25, 0.3) is 123 Å². The van der Waals surface area contributed by atoms with Crippen LogP contribution >= 0.6 is 0 Å². The van der Waals surface area contributed by atoms with Crippen molar-refractivity contribution in [2.45, 2.75) is 0 Å². The van der Waals surface area contributed by atoms with E-state index >= 15 is 0 Å². The first-order valence-corrected chi connectivity index (χ1v) is 23.0. The van der Waals surface area contributed by atoms with Crippen LogP contribution in [0.3, 0.4) is 0 Å². The molecule has 0 radical (unpaired) electrons. The molecule has 0 amide bonds. The lowest BCUT2D eigenvalue weighted by Gasteiger charge is -2.14. The fourth-order valence-corrected chi connectivity index (χ4v) is 9.92. The first-order valence-electron chi connectivity index (χ1n) is 23.0. The summed E-state index contributed by atoms with van der Waals surface area (Å²) in [5.41, 5.74) is 16.6. The average molecular weight is 868 g/mol. The fourth-order valence-electron chi connectivity index (χ4n) is 9.92. The third kappa shape index (κ3) is 6.84. The lowest BCUT2D eigenvalue weighted by Crippen LogP contribution is -2.01. The number of nitrogens with zero attached hydrogens (tertiary/aromatic N) is 5. The number of hydrogen-bond donors (Lipinski definition) is 0. The summed E-state index contributed by atoms with van der Waals surface area (Å²) in [6, 6.07) is 88.5. The molecule has 0 N–H and O–H groups in total. The van der Waals surface area contributed by atoms with Gasteiger partial charge in [0.2, 0.25) is 0 Å². The van der Waals surface area contributed by atoms with E-state index in [2.05, 4.69) is 197 Å². The Morgan fingerprint density at radius 3 is 1.21 bits per heavy atom.